The summed E-state index contributed by atoms with van der Waals surface area (Å²) in [4.78, 5) is 25.8. The van der Waals surface area contributed by atoms with Crippen molar-refractivity contribution in [3.8, 4) is 0 Å². The number of ether oxygens (including phenoxy) is 6. The van der Waals surface area contributed by atoms with Gasteiger partial charge in [-0.15, -0.1) is 0 Å². The van der Waals surface area contributed by atoms with Crippen LogP contribution in [-0.4, -0.2) is 142 Å². The van der Waals surface area contributed by atoms with Crippen LogP contribution in [0.1, 0.15) is 213 Å². The highest BCUT2D eigenvalue weighted by Gasteiger charge is 2.47. The second-order valence-corrected chi connectivity index (χ2v) is 20.1. The third-order valence-electron chi connectivity index (χ3n) is 13.6. The van der Waals surface area contributed by atoms with Crippen LogP contribution in [0.15, 0.2) is 48.6 Å². The first-order valence-electron chi connectivity index (χ1n) is 28.7. The molecule has 0 aromatic carbocycles. The van der Waals surface area contributed by atoms with Gasteiger partial charge in [-0.1, -0.05) is 197 Å². The van der Waals surface area contributed by atoms with Crippen LogP contribution in [0, 0.1) is 0 Å². The van der Waals surface area contributed by atoms with E-state index in [1.807, 2.05) is 6.08 Å². The highest BCUT2D eigenvalue weighted by molar-refractivity contribution is 5.70. The number of carbonyl (C=O) groups excluding carboxylic acids is 2. The fraction of sp³-hybridized carbons (Fsp3) is 0.828. The quantitative estimate of drug-likeness (QED) is 0.0171. The molecular formula is C58H102O15. The van der Waals surface area contributed by atoms with Crippen molar-refractivity contribution in [3.05, 3.63) is 48.6 Å². The van der Waals surface area contributed by atoms with Crippen LogP contribution in [-0.2, 0) is 38.0 Å². The van der Waals surface area contributed by atoms with Gasteiger partial charge in [0.2, 0.25) is 0 Å². The summed E-state index contributed by atoms with van der Waals surface area (Å²) >= 11 is 0. The maximum atomic E-state index is 13.0. The number of hydrogen-bond acceptors (Lipinski definition) is 15. The average Bonchev–Trinajstić information content (AvgIpc) is 3.38. The van der Waals surface area contributed by atoms with Gasteiger partial charge in [-0.2, -0.15) is 0 Å². The van der Waals surface area contributed by atoms with Crippen LogP contribution in [0.2, 0.25) is 0 Å². The number of aliphatic hydroxyl groups is 7. The van der Waals surface area contributed by atoms with Crippen molar-refractivity contribution in [2.75, 3.05) is 26.4 Å². The van der Waals surface area contributed by atoms with Crippen molar-refractivity contribution in [2.45, 2.75) is 280 Å². The Morgan fingerprint density at radius 1 is 0.438 bits per heavy atom. The van der Waals surface area contributed by atoms with Crippen molar-refractivity contribution in [3.63, 3.8) is 0 Å². The van der Waals surface area contributed by atoms with Crippen molar-refractivity contribution >= 4 is 11.9 Å². The maximum Gasteiger partial charge on any atom is 0.306 e. The van der Waals surface area contributed by atoms with E-state index in [1.54, 1.807) is 0 Å². The lowest BCUT2D eigenvalue weighted by molar-refractivity contribution is -0.332. The van der Waals surface area contributed by atoms with Crippen LogP contribution in [0.3, 0.4) is 0 Å². The Labute approximate surface area is 439 Å². The summed E-state index contributed by atoms with van der Waals surface area (Å²) in [5.41, 5.74) is 0. The monoisotopic (exact) mass is 1040 g/mol. The number of esters is 2. The third kappa shape index (κ3) is 32.0. The van der Waals surface area contributed by atoms with Gasteiger partial charge in [-0.25, -0.2) is 0 Å². The molecule has 0 amide bonds. The molecule has 15 nitrogen and oxygen atoms in total. The van der Waals surface area contributed by atoms with E-state index in [4.69, 9.17) is 28.4 Å². The third-order valence-corrected chi connectivity index (χ3v) is 13.6. The number of unbranched alkanes of at least 4 members (excludes halogenated alkanes) is 23. The van der Waals surface area contributed by atoms with E-state index in [-0.39, 0.29) is 19.4 Å². The van der Waals surface area contributed by atoms with Gasteiger partial charge in [0.15, 0.2) is 18.7 Å². The molecule has 4 unspecified atom stereocenters. The van der Waals surface area contributed by atoms with E-state index < -0.39 is 99.3 Å². The van der Waals surface area contributed by atoms with Gasteiger partial charge in [0.25, 0.3) is 0 Å². The van der Waals surface area contributed by atoms with Crippen molar-refractivity contribution in [1.29, 1.82) is 0 Å². The van der Waals surface area contributed by atoms with Gasteiger partial charge in [0, 0.05) is 12.8 Å². The van der Waals surface area contributed by atoms with Crippen LogP contribution in [0.25, 0.3) is 0 Å². The Bertz CT molecular complexity index is 1450. The largest absolute Gasteiger partial charge is 0.462 e. The zero-order valence-electron chi connectivity index (χ0n) is 45.1. The molecule has 0 aromatic heterocycles. The lowest BCUT2D eigenvalue weighted by Gasteiger charge is -2.42. The Kier molecular flexibility index (Phi) is 40.6. The van der Waals surface area contributed by atoms with Gasteiger partial charge in [0.1, 0.15) is 55.4 Å². The van der Waals surface area contributed by atoms with Crippen molar-refractivity contribution < 1.29 is 73.8 Å². The van der Waals surface area contributed by atoms with E-state index in [2.05, 4.69) is 56.4 Å². The molecule has 424 valence electrons. The molecule has 0 radical (unpaired) electrons. The summed E-state index contributed by atoms with van der Waals surface area (Å²) < 4.78 is 33.6. The normalized spacial score (nSPS) is 25.2. The van der Waals surface area contributed by atoms with E-state index in [9.17, 15) is 45.3 Å². The first kappa shape index (κ1) is 66.6. The standard InChI is InChI=1S/C58H102O15/c1-3-5-7-9-11-13-15-17-19-21-22-23-24-25-27-28-30-32-34-36-38-40-49(60)68-43-46(71-50(61)41-39-37-35-33-31-29-26-20-18-16-14-12-10-8-6-4-2)44-69-57-56(67)54(65)52(63)48(73-57)45-70-58-55(66)53(64)51(62)47(42-59)72-58/h19,21,23-24,27-28,32,34,46-48,51-59,62-67H,3-18,20,22,25-26,29-31,33,35-45H2,1-2H3/b21-19+,24-23+,28-27+,34-32+/t46-,47+,48+,51-,52-,53?,54?,55?,56?,57+,58+/m0/s1. The number of carbonyl (C=O) groups is 2. The highest BCUT2D eigenvalue weighted by Crippen LogP contribution is 2.27. The van der Waals surface area contributed by atoms with Crippen LogP contribution in [0.5, 0.6) is 0 Å². The molecule has 73 heavy (non-hydrogen) atoms. The fourth-order valence-electron chi connectivity index (χ4n) is 8.86. The maximum absolute atomic E-state index is 13.0. The molecule has 2 aliphatic rings. The number of rotatable bonds is 45. The molecule has 2 aliphatic heterocycles. The molecule has 2 heterocycles. The second kappa shape index (κ2) is 44.6. The molecule has 0 spiro atoms. The van der Waals surface area contributed by atoms with E-state index in [0.29, 0.717) is 19.3 Å². The predicted molar refractivity (Wildman–Crippen MR) is 284 cm³/mol. The van der Waals surface area contributed by atoms with Crippen molar-refractivity contribution in [2.24, 2.45) is 0 Å². The Balaban J connectivity index is 1.79. The smallest absolute Gasteiger partial charge is 0.306 e. The molecule has 2 saturated heterocycles. The summed E-state index contributed by atoms with van der Waals surface area (Å²) in [6.45, 7) is 2.56. The van der Waals surface area contributed by atoms with Gasteiger partial charge in [-0.05, 0) is 51.4 Å². The van der Waals surface area contributed by atoms with Gasteiger partial charge < -0.3 is 64.2 Å². The number of aliphatic hydroxyl groups excluding tert-OH is 7. The molecule has 11 atom stereocenters. The van der Waals surface area contributed by atoms with Gasteiger partial charge in [-0.3, -0.25) is 9.59 Å². The molecule has 0 aliphatic carbocycles. The van der Waals surface area contributed by atoms with E-state index in [1.165, 1.54) is 122 Å². The Hall–Kier alpha value is -2.54. The van der Waals surface area contributed by atoms with E-state index >= 15 is 0 Å². The van der Waals surface area contributed by atoms with E-state index in [0.717, 1.165) is 44.9 Å². The predicted octanol–water partition coefficient (Wildman–Crippen LogP) is 9.44. The minimum Gasteiger partial charge on any atom is -0.462 e. The first-order chi connectivity index (χ1) is 35.5. The molecule has 0 bridgehead atoms. The topological polar surface area (TPSA) is 231 Å². The number of hydrogen-bond donors (Lipinski definition) is 7. The summed E-state index contributed by atoms with van der Waals surface area (Å²) in [5, 5.41) is 72.2. The minimum absolute atomic E-state index is 0.143. The highest BCUT2D eigenvalue weighted by atomic mass is 16.7. The molecule has 7 N–H and O–H groups in total. The molecule has 2 fully saturated rings. The molecule has 0 saturated carbocycles. The zero-order valence-corrected chi connectivity index (χ0v) is 45.1. The summed E-state index contributed by atoms with van der Waals surface area (Å²) in [7, 11) is 0. The number of allylic oxidation sites excluding steroid dienone is 8. The lowest BCUT2D eigenvalue weighted by atomic mass is 9.98. The molecule has 2 rings (SSSR count). The van der Waals surface area contributed by atoms with Crippen LogP contribution < -0.4 is 0 Å². The first-order valence-corrected chi connectivity index (χ1v) is 28.7. The zero-order chi connectivity index (χ0) is 53.2. The van der Waals surface area contributed by atoms with Gasteiger partial charge in [0.05, 0.1) is 19.8 Å². The fourth-order valence-corrected chi connectivity index (χ4v) is 8.86. The summed E-state index contributed by atoms with van der Waals surface area (Å²) in [5.74, 6) is -0.984. The molecule has 15 heteroatoms. The summed E-state index contributed by atoms with van der Waals surface area (Å²) in [6, 6.07) is 0. The minimum atomic E-state index is -1.77. The van der Waals surface area contributed by atoms with Crippen molar-refractivity contribution in [1.82, 2.24) is 0 Å². The molecule has 0 aromatic rings. The molecular weight excluding hydrogens is 937 g/mol. The summed E-state index contributed by atoms with van der Waals surface area (Å²) in [6.07, 6.45) is 34.3. The van der Waals surface area contributed by atoms with Gasteiger partial charge >= 0.3 is 11.9 Å². The van der Waals surface area contributed by atoms with Crippen LogP contribution >= 0.6 is 0 Å². The lowest BCUT2D eigenvalue weighted by Crippen LogP contribution is -2.61. The van der Waals surface area contributed by atoms with Crippen LogP contribution in [0.4, 0.5) is 0 Å². The Morgan fingerprint density at radius 2 is 0.836 bits per heavy atom. The Morgan fingerprint density at radius 3 is 1.33 bits per heavy atom. The SMILES string of the molecule is CCCCCCCCC/C=C/C/C=C/C/C=C/C/C=C/CCCC(=O)OC[C@@H](CO[C@@H]1O[C@H](CO[C@@H]2O[C@H](CO)[C@H](O)C(O)C2O)[C@H](O)C(O)C1O)OC(=O)CCCCCCCCCCCCCCCCCC. The average molecular weight is 1040 g/mol. The second-order valence-electron chi connectivity index (χ2n) is 20.1.